The van der Waals surface area contributed by atoms with Crippen LogP contribution in [0.15, 0.2) is 59.3 Å². The van der Waals surface area contributed by atoms with Gasteiger partial charge in [0.05, 0.1) is 0 Å². The Morgan fingerprint density at radius 3 is 2.46 bits per heavy atom. The molecule has 0 aliphatic carbocycles. The Morgan fingerprint density at radius 2 is 1.81 bits per heavy atom. The van der Waals surface area contributed by atoms with Gasteiger partial charge >= 0.3 is 7.60 Å². The third-order valence-electron chi connectivity index (χ3n) is 3.77. The largest absolute Gasteiger partial charge is 0.424 e. The number of pyridine rings is 1. The van der Waals surface area contributed by atoms with Crippen molar-refractivity contribution in [1.82, 2.24) is 9.97 Å². The molecule has 2 heterocycles. The topological polar surface area (TPSA) is 86.5 Å². The first kappa shape index (κ1) is 18.3. The standard InChI is InChI=1S/C18H20N3O4P/c1-23-26(22,24-2)18-17(20-13-15-9-6-10-19-12-15)25-16(21-18)11-14-7-4-3-5-8-14/h3-10,12,20H,11,13H2,1-2H3. The van der Waals surface area contributed by atoms with E-state index >= 15 is 0 Å². The van der Waals surface area contributed by atoms with Crippen LogP contribution in [0.2, 0.25) is 0 Å². The molecule has 0 saturated carbocycles. The van der Waals surface area contributed by atoms with Crippen LogP contribution in [0, 0.1) is 0 Å². The number of nitrogens with zero attached hydrogens (tertiary/aromatic N) is 2. The molecule has 0 spiro atoms. The summed E-state index contributed by atoms with van der Waals surface area (Å²) in [6, 6.07) is 13.5. The first-order chi connectivity index (χ1) is 12.6. The minimum atomic E-state index is -3.56. The van der Waals surface area contributed by atoms with Gasteiger partial charge in [-0.1, -0.05) is 36.4 Å². The number of rotatable bonds is 8. The fraction of sp³-hybridized carbons (Fsp3) is 0.222. The summed E-state index contributed by atoms with van der Waals surface area (Å²) in [6.07, 6.45) is 3.90. The lowest BCUT2D eigenvalue weighted by molar-refractivity contribution is 0.286. The van der Waals surface area contributed by atoms with Gasteiger partial charge in [0.25, 0.3) is 0 Å². The number of hydrogen-bond acceptors (Lipinski definition) is 7. The maximum atomic E-state index is 12.8. The summed E-state index contributed by atoms with van der Waals surface area (Å²) in [5, 5.41) is 3.11. The van der Waals surface area contributed by atoms with Crippen molar-refractivity contribution in [3.8, 4) is 0 Å². The van der Waals surface area contributed by atoms with Crippen LogP contribution in [0.5, 0.6) is 0 Å². The van der Waals surface area contributed by atoms with Crippen LogP contribution >= 0.6 is 7.60 Å². The lowest BCUT2D eigenvalue weighted by atomic mass is 10.2. The first-order valence-corrected chi connectivity index (χ1v) is 9.57. The molecule has 26 heavy (non-hydrogen) atoms. The summed E-state index contributed by atoms with van der Waals surface area (Å²) in [7, 11) is -0.919. The molecule has 0 aliphatic heterocycles. The van der Waals surface area contributed by atoms with Crippen molar-refractivity contribution < 1.29 is 18.0 Å². The molecule has 0 atom stereocenters. The molecule has 0 aliphatic rings. The molecule has 1 aromatic carbocycles. The molecule has 0 fully saturated rings. The van der Waals surface area contributed by atoms with Crippen LogP contribution in [-0.4, -0.2) is 24.2 Å². The summed E-state index contributed by atoms with van der Waals surface area (Å²) in [5.74, 6) is 0.695. The van der Waals surface area contributed by atoms with Crippen molar-refractivity contribution in [1.29, 1.82) is 0 Å². The van der Waals surface area contributed by atoms with E-state index in [9.17, 15) is 4.57 Å². The molecule has 0 saturated heterocycles. The monoisotopic (exact) mass is 373 g/mol. The van der Waals surface area contributed by atoms with E-state index < -0.39 is 7.60 Å². The van der Waals surface area contributed by atoms with Gasteiger partial charge in [0.15, 0.2) is 0 Å². The van der Waals surface area contributed by atoms with Gasteiger partial charge in [-0.3, -0.25) is 9.55 Å². The zero-order valence-electron chi connectivity index (χ0n) is 14.6. The lowest BCUT2D eigenvalue weighted by Gasteiger charge is -2.12. The number of oxazole rings is 1. The second kappa shape index (κ2) is 8.27. The molecule has 8 heteroatoms. The third kappa shape index (κ3) is 4.19. The molecule has 2 aromatic heterocycles. The Labute approximate surface area is 151 Å². The van der Waals surface area contributed by atoms with Gasteiger partial charge in [0, 0.05) is 39.6 Å². The van der Waals surface area contributed by atoms with Crippen molar-refractivity contribution in [3.63, 3.8) is 0 Å². The van der Waals surface area contributed by atoms with Gasteiger partial charge in [-0.15, -0.1) is 0 Å². The number of anilines is 1. The van der Waals surface area contributed by atoms with E-state index in [1.807, 2.05) is 42.5 Å². The van der Waals surface area contributed by atoms with Gasteiger partial charge in [-0.2, -0.15) is 0 Å². The zero-order chi connectivity index (χ0) is 18.4. The van der Waals surface area contributed by atoms with Crippen molar-refractivity contribution in [2.45, 2.75) is 13.0 Å². The molecule has 0 bridgehead atoms. The number of nitrogens with one attached hydrogen (secondary N) is 1. The van der Waals surface area contributed by atoms with Crippen molar-refractivity contribution in [3.05, 3.63) is 71.9 Å². The predicted octanol–water partition coefficient (Wildman–Crippen LogP) is 3.38. The Morgan fingerprint density at radius 1 is 1.08 bits per heavy atom. The minimum Gasteiger partial charge on any atom is -0.424 e. The average molecular weight is 373 g/mol. The van der Waals surface area contributed by atoms with Gasteiger partial charge < -0.3 is 18.8 Å². The molecule has 3 aromatic rings. The minimum absolute atomic E-state index is 0.136. The van der Waals surface area contributed by atoms with Crippen LogP contribution in [-0.2, 0) is 26.6 Å². The summed E-state index contributed by atoms with van der Waals surface area (Å²) in [4.78, 5) is 8.44. The maximum Gasteiger partial charge on any atom is 0.384 e. The molecular weight excluding hydrogens is 353 g/mol. The summed E-state index contributed by atoms with van der Waals surface area (Å²) < 4.78 is 28.8. The van der Waals surface area contributed by atoms with E-state index in [1.54, 1.807) is 12.4 Å². The van der Waals surface area contributed by atoms with Gasteiger partial charge in [0.2, 0.25) is 17.2 Å². The van der Waals surface area contributed by atoms with E-state index in [1.165, 1.54) is 14.2 Å². The first-order valence-electron chi connectivity index (χ1n) is 8.03. The number of benzene rings is 1. The van der Waals surface area contributed by atoms with E-state index in [0.717, 1.165) is 11.1 Å². The number of aromatic nitrogens is 2. The van der Waals surface area contributed by atoms with E-state index in [-0.39, 0.29) is 11.3 Å². The van der Waals surface area contributed by atoms with Gasteiger partial charge in [-0.05, 0) is 17.2 Å². The second-order valence-electron chi connectivity index (χ2n) is 5.50. The average Bonchev–Trinajstić information content (AvgIpc) is 3.10. The maximum absolute atomic E-state index is 12.8. The smallest absolute Gasteiger partial charge is 0.384 e. The second-order valence-corrected chi connectivity index (χ2v) is 7.65. The Kier molecular flexibility index (Phi) is 5.83. The van der Waals surface area contributed by atoms with Crippen LogP contribution in [0.3, 0.4) is 0 Å². The van der Waals surface area contributed by atoms with Crippen LogP contribution in [0.4, 0.5) is 5.88 Å². The Bertz CT molecular complexity index is 876. The Balaban J connectivity index is 1.88. The molecule has 3 rings (SSSR count). The van der Waals surface area contributed by atoms with Crippen molar-refractivity contribution in [2.24, 2.45) is 0 Å². The van der Waals surface area contributed by atoms with Crippen LogP contribution in [0.25, 0.3) is 0 Å². The van der Waals surface area contributed by atoms with E-state index in [0.29, 0.717) is 18.9 Å². The molecule has 7 nitrogen and oxygen atoms in total. The molecule has 136 valence electrons. The van der Waals surface area contributed by atoms with E-state index in [4.69, 9.17) is 13.5 Å². The van der Waals surface area contributed by atoms with E-state index in [2.05, 4.69) is 15.3 Å². The van der Waals surface area contributed by atoms with Crippen molar-refractivity contribution in [2.75, 3.05) is 19.5 Å². The molecular formula is C18H20N3O4P. The molecule has 0 unspecified atom stereocenters. The highest BCUT2D eigenvalue weighted by Gasteiger charge is 2.34. The van der Waals surface area contributed by atoms with Crippen molar-refractivity contribution >= 4 is 18.9 Å². The molecule has 1 N–H and O–H groups in total. The molecule has 0 radical (unpaired) electrons. The lowest BCUT2D eigenvalue weighted by Crippen LogP contribution is -2.15. The highest BCUT2D eigenvalue weighted by molar-refractivity contribution is 7.62. The van der Waals surface area contributed by atoms with Gasteiger partial charge in [-0.25, -0.2) is 4.98 Å². The number of hydrogen-bond donors (Lipinski definition) is 1. The summed E-state index contributed by atoms with van der Waals surface area (Å²) in [6.45, 7) is 0.439. The SMILES string of the molecule is COP(=O)(OC)c1nc(Cc2ccccc2)oc1NCc1cccnc1. The van der Waals surface area contributed by atoms with Gasteiger partial charge in [0.1, 0.15) is 0 Å². The Hall–Kier alpha value is -2.47. The predicted molar refractivity (Wildman–Crippen MR) is 98.6 cm³/mol. The van der Waals surface area contributed by atoms with Crippen LogP contribution in [0.1, 0.15) is 17.0 Å². The fourth-order valence-corrected chi connectivity index (χ4v) is 3.54. The molecule has 0 amide bonds. The highest BCUT2D eigenvalue weighted by Crippen LogP contribution is 2.47. The quantitative estimate of drug-likeness (QED) is 0.606. The third-order valence-corrected chi connectivity index (χ3v) is 5.55. The summed E-state index contributed by atoms with van der Waals surface area (Å²) in [5.41, 5.74) is 2.12. The summed E-state index contributed by atoms with van der Waals surface area (Å²) >= 11 is 0. The highest BCUT2D eigenvalue weighted by atomic mass is 31.2. The fourth-order valence-electron chi connectivity index (χ4n) is 2.43. The zero-order valence-corrected chi connectivity index (χ0v) is 15.5. The van der Waals surface area contributed by atoms with Crippen LogP contribution < -0.4 is 10.8 Å². The normalized spacial score (nSPS) is 11.5.